The third kappa shape index (κ3) is 5.06. The largest absolute Gasteiger partial charge is 0.480 e. The minimum absolute atomic E-state index is 0.0245. The number of carboxylic acids is 1. The zero-order valence-electron chi connectivity index (χ0n) is 9.83. The van der Waals surface area contributed by atoms with Crippen LogP contribution in [0.4, 0.5) is 18.9 Å². The molecule has 0 aliphatic rings. The molecule has 110 valence electrons. The molecule has 0 aliphatic carbocycles. The summed E-state index contributed by atoms with van der Waals surface area (Å²) < 4.78 is 41.7. The number of carboxylic acid groups (broad SMARTS) is 1. The summed E-state index contributed by atoms with van der Waals surface area (Å²) in [6, 6.07) is 2.44. The first-order chi connectivity index (χ1) is 9.20. The van der Waals surface area contributed by atoms with Crippen molar-refractivity contribution in [2.24, 2.45) is 0 Å². The molecule has 0 unspecified atom stereocenters. The number of hydrogen-bond acceptors (Lipinski definition) is 3. The molecule has 5 nitrogen and oxygen atoms in total. The van der Waals surface area contributed by atoms with Gasteiger partial charge in [0.15, 0.2) is 0 Å². The number of nitrogens with one attached hydrogen (secondary N) is 1. The number of aliphatic carboxylic acids is 1. The smallest absolute Gasteiger partial charge is 0.416 e. The van der Waals surface area contributed by atoms with Crippen LogP contribution in [0.25, 0.3) is 0 Å². The second-order valence-corrected chi connectivity index (χ2v) is 4.03. The molecule has 9 heteroatoms. The Morgan fingerprint density at radius 2 is 1.95 bits per heavy atom. The Bertz CT molecular complexity index is 519. The van der Waals surface area contributed by atoms with Gasteiger partial charge in [-0.3, -0.25) is 4.79 Å². The lowest BCUT2D eigenvalue weighted by Crippen LogP contribution is -2.21. The number of alkyl halides is 3. The third-order valence-corrected chi connectivity index (χ3v) is 2.34. The van der Waals surface area contributed by atoms with Crippen molar-refractivity contribution in [1.82, 2.24) is 0 Å². The van der Waals surface area contributed by atoms with Crippen LogP contribution in [0.5, 0.6) is 0 Å². The van der Waals surface area contributed by atoms with Gasteiger partial charge in [0.2, 0.25) is 5.91 Å². The topological polar surface area (TPSA) is 75.6 Å². The van der Waals surface area contributed by atoms with Gasteiger partial charge in [-0.2, -0.15) is 13.2 Å². The lowest BCUT2D eigenvalue weighted by molar-refractivity contribution is -0.143. The van der Waals surface area contributed by atoms with Gasteiger partial charge in [0.05, 0.1) is 16.3 Å². The summed E-state index contributed by atoms with van der Waals surface area (Å²) in [6.45, 7) is -1.21. The average molecular weight is 312 g/mol. The summed E-state index contributed by atoms with van der Waals surface area (Å²) in [5.41, 5.74) is -0.966. The van der Waals surface area contributed by atoms with Gasteiger partial charge in [-0.1, -0.05) is 11.6 Å². The third-order valence-electron chi connectivity index (χ3n) is 2.03. The Morgan fingerprint density at radius 3 is 2.45 bits per heavy atom. The van der Waals surface area contributed by atoms with Crippen molar-refractivity contribution >= 4 is 29.2 Å². The minimum atomic E-state index is -4.53. The van der Waals surface area contributed by atoms with Crippen molar-refractivity contribution in [1.29, 1.82) is 0 Å². The zero-order chi connectivity index (χ0) is 15.3. The summed E-state index contributed by atoms with van der Waals surface area (Å²) in [5.74, 6) is -1.97. The molecule has 0 saturated heterocycles. The first-order valence-corrected chi connectivity index (χ1v) is 5.54. The molecule has 0 aromatic heterocycles. The molecule has 1 aromatic carbocycles. The summed E-state index contributed by atoms with van der Waals surface area (Å²) in [4.78, 5) is 21.5. The van der Waals surface area contributed by atoms with Crippen LogP contribution in [0.1, 0.15) is 5.56 Å². The summed E-state index contributed by atoms with van der Waals surface area (Å²) in [6.07, 6.45) is -4.53. The number of halogens is 4. The van der Waals surface area contributed by atoms with Crippen molar-refractivity contribution in [3.05, 3.63) is 28.8 Å². The highest BCUT2D eigenvalue weighted by atomic mass is 35.5. The Balaban J connectivity index is 2.65. The Morgan fingerprint density at radius 1 is 1.30 bits per heavy atom. The molecule has 1 amide bonds. The molecule has 1 aromatic rings. The van der Waals surface area contributed by atoms with Crippen molar-refractivity contribution in [3.63, 3.8) is 0 Å². The van der Waals surface area contributed by atoms with Gasteiger partial charge in [-0.25, -0.2) is 4.79 Å². The summed E-state index contributed by atoms with van der Waals surface area (Å²) in [5, 5.41) is 10.2. The molecule has 1 rings (SSSR count). The average Bonchev–Trinajstić information content (AvgIpc) is 2.29. The van der Waals surface area contributed by atoms with E-state index in [1.165, 1.54) is 0 Å². The van der Waals surface area contributed by atoms with Gasteiger partial charge in [0.25, 0.3) is 0 Å². The number of carbonyl (C=O) groups is 2. The maximum absolute atomic E-state index is 12.4. The monoisotopic (exact) mass is 311 g/mol. The van der Waals surface area contributed by atoms with Crippen molar-refractivity contribution in [3.8, 4) is 0 Å². The van der Waals surface area contributed by atoms with E-state index in [2.05, 4.69) is 10.1 Å². The second kappa shape index (κ2) is 6.58. The first-order valence-electron chi connectivity index (χ1n) is 5.16. The SMILES string of the molecule is O=C(O)COCC(=O)Nc1ccc(C(F)(F)F)cc1Cl. The fraction of sp³-hybridized carbons (Fsp3) is 0.273. The number of amides is 1. The van der Waals surface area contributed by atoms with Crippen LogP contribution in [0.2, 0.25) is 5.02 Å². The van der Waals surface area contributed by atoms with Crippen LogP contribution in [0.15, 0.2) is 18.2 Å². The van der Waals surface area contributed by atoms with E-state index >= 15 is 0 Å². The number of ether oxygens (including phenoxy) is 1. The maximum Gasteiger partial charge on any atom is 0.416 e. The lowest BCUT2D eigenvalue weighted by Gasteiger charge is -2.11. The minimum Gasteiger partial charge on any atom is -0.480 e. The Labute approximate surface area is 116 Å². The van der Waals surface area contributed by atoms with Gasteiger partial charge < -0.3 is 15.2 Å². The van der Waals surface area contributed by atoms with E-state index in [1.807, 2.05) is 0 Å². The quantitative estimate of drug-likeness (QED) is 0.875. The molecule has 0 spiro atoms. The van der Waals surface area contributed by atoms with Crippen molar-refractivity contribution in [2.45, 2.75) is 6.18 Å². The summed E-state index contributed by atoms with van der Waals surface area (Å²) >= 11 is 5.61. The van der Waals surface area contributed by atoms with E-state index in [9.17, 15) is 22.8 Å². The predicted molar refractivity (Wildman–Crippen MR) is 63.5 cm³/mol. The highest BCUT2D eigenvalue weighted by Gasteiger charge is 2.30. The highest BCUT2D eigenvalue weighted by molar-refractivity contribution is 6.33. The molecule has 0 radical (unpaired) electrons. The summed E-state index contributed by atoms with van der Waals surface area (Å²) in [7, 11) is 0. The molecule has 0 bridgehead atoms. The molecule has 20 heavy (non-hydrogen) atoms. The van der Waals surface area contributed by atoms with E-state index < -0.39 is 36.8 Å². The second-order valence-electron chi connectivity index (χ2n) is 3.63. The van der Waals surface area contributed by atoms with Crippen LogP contribution in [0.3, 0.4) is 0 Å². The van der Waals surface area contributed by atoms with Gasteiger partial charge >= 0.3 is 12.1 Å². The highest BCUT2D eigenvalue weighted by Crippen LogP contribution is 2.33. The predicted octanol–water partition coefficient (Wildman–Crippen LogP) is 2.40. The molecule has 0 aliphatic heterocycles. The van der Waals surface area contributed by atoms with Gasteiger partial charge in [0.1, 0.15) is 13.2 Å². The van der Waals surface area contributed by atoms with E-state index in [-0.39, 0.29) is 10.7 Å². The fourth-order valence-electron chi connectivity index (χ4n) is 1.21. The number of rotatable bonds is 5. The number of benzene rings is 1. The number of hydrogen-bond donors (Lipinski definition) is 2. The van der Waals surface area contributed by atoms with Gasteiger partial charge in [0, 0.05) is 0 Å². The number of carbonyl (C=O) groups excluding carboxylic acids is 1. The Kier molecular flexibility index (Phi) is 5.34. The molecule has 0 fully saturated rings. The van der Waals surface area contributed by atoms with E-state index in [4.69, 9.17) is 16.7 Å². The normalized spacial score (nSPS) is 11.2. The molecular weight excluding hydrogens is 303 g/mol. The van der Waals surface area contributed by atoms with E-state index in [0.717, 1.165) is 12.1 Å². The van der Waals surface area contributed by atoms with Crippen LogP contribution >= 0.6 is 11.6 Å². The Hall–Kier alpha value is -1.80. The van der Waals surface area contributed by atoms with Crippen LogP contribution in [-0.2, 0) is 20.5 Å². The standard InChI is InChI=1S/C11H9ClF3NO4/c12-7-3-6(11(13,14)15)1-2-8(7)16-9(17)4-20-5-10(18)19/h1-3H,4-5H2,(H,16,17)(H,18,19). The molecule has 0 heterocycles. The van der Waals surface area contributed by atoms with Gasteiger partial charge in [-0.05, 0) is 18.2 Å². The van der Waals surface area contributed by atoms with Crippen molar-refractivity contribution in [2.75, 3.05) is 18.5 Å². The van der Waals surface area contributed by atoms with Crippen LogP contribution in [0, 0.1) is 0 Å². The van der Waals surface area contributed by atoms with Crippen molar-refractivity contribution < 1.29 is 32.6 Å². The van der Waals surface area contributed by atoms with Gasteiger partial charge in [-0.15, -0.1) is 0 Å². The van der Waals surface area contributed by atoms with E-state index in [1.54, 1.807) is 0 Å². The van der Waals surface area contributed by atoms with Crippen LogP contribution in [-0.4, -0.2) is 30.2 Å². The first kappa shape index (κ1) is 16.3. The molecule has 0 atom stereocenters. The molecule has 0 saturated carbocycles. The zero-order valence-corrected chi connectivity index (χ0v) is 10.6. The number of anilines is 1. The fourth-order valence-corrected chi connectivity index (χ4v) is 1.44. The van der Waals surface area contributed by atoms with Crippen LogP contribution < -0.4 is 5.32 Å². The maximum atomic E-state index is 12.4. The molecule has 2 N–H and O–H groups in total. The molecular formula is C11H9ClF3NO4. The lowest BCUT2D eigenvalue weighted by atomic mass is 10.2. The van der Waals surface area contributed by atoms with E-state index in [0.29, 0.717) is 6.07 Å².